The average Bonchev–Trinajstić information content (AvgIpc) is 2.82. The maximum absolute atomic E-state index is 11.8. The molecule has 104 valence electrons. The fourth-order valence-electron chi connectivity index (χ4n) is 1.85. The van der Waals surface area contributed by atoms with Gasteiger partial charge in [-0.2, -0.15) is 0 Å². The summed E-state index contributed by atoms with van der Waals surface area (Å²) >= 11 is 0. The van der Waals surface area contributed by atoms with Crippen molar-refractivity contribution in [3.63, 3.8) is 0 Å². The number of nitrogens with zero attached hydrogens (tertiary/aromatic N) is 1. The molecule has 7 nitrogen and oxygen atoms in total. The van der Waals surface area contributed by atoms with Gasteiger partial charge in [-0.05, 0) is 6.42 Å². The number of methoxy groups -OCH3 is 1. The number of urea groups is 1. The summed E-state index contributed by atoms with van der Waals surface area (Å²) < 4.78 is 9.99. The molecule has 1 aliphatic rings. The highest BCUT2D eigenvalue weighted by Gasteiger charge is 2.38. The zero-order chi connectivity index (χ0) is 13.5. The van der Waals surface area contributed by atoms with E-state index in [0.29, 0.717) is 13.2 Å². The number of nitrogens with one attached hydrogen (secondary N) is 1. The first-order chi connectivity index (χ1) is 8.57. The first-order valence-electron chi connectivity index (χ1n) is 5.88. The molecule has 18 heavy (non-hydrogen) atoms. The first kappa shape index (κ1) is 14.7. The van der Waals surface area contributed by atoms with Crippen LogP contribution >= 0.6 is 0 Å². The molecule has 1 rings (SSSR count). The van der Waals surface area contributed by atoms with Gasteiger partial charge in [-0.3, -0.25) is 4.79 Å². The van der Waals surface area contributed by atoms with Crippen LogP contribution in [0.25, 0.3) is 0 Å². The summed E-state index contributed by atoms with van der Waals surface area (Å²) in [5.74, 6) is -1.59. The quantitative estimate of drug-likeness (QED) is 0.644. The predicted molar refractivity (Wildman–Crippen MR) is 63.4 cm³/mol. The molecule has 7 heteroatoms. The van der Waals surface area contributed by atoms with Crippen LogP contribution in [0, 0.1) is 5.92 Å². The van der Waals surface area contributed by atoms with Crippen LogP contribution in [0.15, 0.2) is 0 Å². The number of hydrogen-bond donors (Lipinski definition) is 2. The second-order valence-corrected chi connectivity index (χ2v) is 4.24. The lowest BCUT2D eigenvalue weighted by atomic mass is 10.0. The number of aliphatic carboxylic acids is 1. The van der Waals surface area contributed by atoms with Crippen LogP contribution in [0.3, 0.4) is 0 Å². The zero-order valence-corrected chi connectivity index (χ0v) is 10.7. The summed E-state index contributed by atoms with van der Waals surface area (Å²) in [5.41, 5.74) is 0. The summed E-state index contributed by atoms with van der Waals surface area (Å²) in [5, 5.41) is 11.7. The van der Waals surface area contributed by atoms with Crippen molar-refractivity contribution in [2.45, 2.75) is 12.5 Å². The molecule has 0 bridgehead atoms. The normalized spacial score (nSPS) is 22.8. The van der Waals surface area contributed by atoms with Crippen molar-refractivity contribution in [1.29, 1.82) is 0 Å². The highest BCUT2D eigenvalue weighted by atomic mass is 16.5. The minimum Gasteiger partial charge on any atom is -0.481 e. The Labute approximate surface area is 106 Å². The standard InChI is InChI=1S/C11H20N2O5/c1-13(11(16)12-4-3-5-17-2)9-7-18-6-8(9)10(14)15/h8-9H,3-7H2,1-2H3,(H,12,16)(H,14,15). The average molecular weight is 260 g/mol. The number of amides is 2. The lowest BCUT2D eigenvalue weighted by Gasteiger charge is -2.26. The molecule has 0 radical (unpaired) electrons. The van der Waals surface area contributed by atoms with E-state index in [0.717, 1.165) is 6.42 Å². The van der Waals surface area contributed by atoms with Crippen molar-refractivity contribution in [2.75, 3.05) is 40.5 Å². The molecule has 1 heterocycles. The molecular formula is C11H20N2O5. The highest BCUT2D eigenvalue weighted by molar-refractivity contribution is 5.77. The van der Waals surface area contributed by atoms with Gasteiger partial charge in [-0.15, -0.1) is 0 Å². The third kappa shape index (κ3) is 3.85. The number of carboxylic acid groups (broad SMARTS) is 1. The topological polar surface area (TPSA) is 88.1 Å². The van der Waals surface area contributed by atoms with Gasteiger partial charge in [0.15, 0.2) is 0 Å². The van der Waals surface area contributed by atoms with Crippen molar-refractivity contribution in [2.24, 2.45) is 5.92 Å². The molecule has 2 amide bonds. The van der Waals surface area contributed by atoms with E-state index < -0.39 is 17.9 Å². The molecule has 0 saturated carbocycles. The molecule has 2 unspecified atom stereocenters. The Kier molecular flexibility index (Phi) is 5.87. The van der Waals surface area contributed by atoms with Crippen LogP contribution in [0.4, 0.5) is 4.79 Å². The summed E-state index contributed by atoms with van der Waals surface area (Å²) in [6, 6.07) is -0.697. The smallest absolute Gasteiger partial charge is 0.317 e. The van der Waals surface area contributed by atoms with E-state index >= 15 is 0 Å². The van der Waals surface area contributed by atoms with E-state index in [1.54, 1.807) is 14.2 Å². The Hall–Kier alpha value is -1.34. The Morgan fingerprint density at radius 2 is 2.22 bits per heavy atom. The SMILES string of the molecule is COCCCNC(=O)N(C)C1COCC1C(=O)O. The van der Waals surface area contributed by atoms with Crippen LogP contribution in [0.1, 0.15) is 6.42 Å². The Balaban J connectivity index is 2.40. The van der Waals surface area contributed by atoms with Crippen molar-refractivity contribution in [1.82, 2.24) is 10.2 Å². The maximum atomic E-state index is 11.8. The minimum atomic E-state index is -0.934. The van der Waals surface area contributed by atoms with Gasteiger partial charge in [0.25, 0.3) is 0 Å². The molecule has 2 atom stereocenters. The fraction of sp³-hybridized carbons (Fsp3) is 0.818. The second kappa shape index (κ2) is 7.17. The summed E-state index contributed by atoms with van der Waals surface area (Å²) in [4.78, 5) is 24.2. The van der Waals surface area contributed by atoms with Gasteiger partial charge in [-0.25, -0.2) is 4.79 Å². The predicted octanol–water partition coefficient (Wildman–Crippen LogP) is -0.236. The van der Waals surface area contributed by atoms with Gasteiger partial charge in [0.2, 0.25) is 0 Å². The van der Waals surface area contributed by atoms with E-state index in [4.69, 9.17) is 14.6 Å². The van der Waals surface area contributed by atoms with Crippen molar-refractivity contribution < 1.29 is 24.2 Å². The molecule has 0 aromatic rings. The van der Waals surface area contributed by atoms with Crippen LogP contribution in [0.2, 0.25) is 0 Å². The molecule has 2 N–H and O–H groups in total. The van der Waals surface area contributed by atoms with E-state index in [9.17, 15) is 9.59 Å². The molecular weight excluding hydrogens is 240 g/mol. The van der Waals surface area contributed by atoms with Crippen LogP contribution in [-0.4, -0.2) is 68.6 Å². The summed E-state index contributed by atoms with van der Waals surface area (Å²) in [6.45, 7) is 1.50. The zero-order valence-electron chi connectivity index (χ0n) is 10.7. The number of carbonyl (C=O) groups excluding carboxylic acids is 1. The Bertz CT molecular complexity index is 297. The lowest BCUT2D eigenvalue weighted by Crippen LogP contribution is -2.48. The molecule has 1 saturated heterocycles. The van der Waals surface area contributed by atoms with Crippen LogP contribution in [-0.2, 0) is 14.3 Å². The summed E-state index contributed by atoms with van der Waals surface area (Å²) in [6.07, 6.45) is 0.722. The number of carboxylic acids is 1. The Morgan fingerprint density at radius 1 is 1.50 bits per heavy atom. The van der Waals surface area contributed by atoms with Gasteiger partial charge in [0.05, 0.1) is 19.3 Å². The van der Waals surface area contributed by atoms with Gasteiger partial charge in [0, 0.05) is 27.3 Å². The maximum Gasteiger partial charge on any atom is 0.317 e. The van der Waals surface area contributed by atoms with Gasteiger partial charge in [-0.1, -0.05) is 0 Å². The third-order valence-corrected chi connectivity index (χ3v) is 2.99. The number of ether oxygens (including phenoxy) is 2. The minimum absolute atomic E-state index is 0.154. The first-order valence-corrected chi connectivity index (χ1v) is 5.88. The third-order valence-electron chi connectivity index (χ3n) is 2.99. The van der Waals surface area contributed by atoms with Crippen LogP contribution < -0.4 is 5.32 Å². The monoisotopic (exact) mass is 260 g/mol. The molecule has 1 aliphatic heterocycles. The Morgan fingerprint density at radius 3 is 2.83 bits per heavy atom. The van der Waals surface area contributed by atoms with E-state index in [1.807, 2.05) is 0 Å². The number of likely N-dealkylation sites (N-methyl/N-ethyl adjacent to an activating group) is 1. The van der Waals surface area contributed by atoms with E-state index in [-0.39, 0.29) is 19.2 Å². The number of rotatable bonds is 6. The van der Waals surface area contributed by atoms with Gasteiger partial charge < -0.3 is 24.8 Å². The van der Waals surface area contributed by atoms with Gasteiger partial charge in [0.1, 0.15) is 5.92 Å². The van der Waals surface area contributed by atoms with Crippen LogP contribution in [0.5, 0.6) is 0 Å². The van der Waals surface area contributed by atoms with Crippen molar-refractivity contribution in [3.8, 4) is 0 Å². The second-order valence-electron chi connectivity index (χ2n) is 4.24. The number of hydrogen-bond acceptors (Lipinski definition) is 4. The fourth-order valence-corrected chi connectivity index (χ4v) is 1.85. The molecule has 0 spiro atoms. The molecule has 1 fully saturated rings. The molecule has 0 aromatic heterocycles. The van der Waals surface area contributed by atoms with Crippen molar-refractivity contribution >= 4 is 12.0 Å². The summed E-state index contributed by atoms with van der Waals surface area (Å²) in [7, 11) is 3.18. The van der Waals surface area contributed by atoms with E-state index in [2.05, 4.69) is 5.32 Å². The van der Waals surface area contributed by atoms with Gasteiger partial charge >= 0.3 is 12.0 Å². The highest BCUT2D eigenvalue weighted by Crippen LogP contribution is 2.18. The molecule has 0 aliphatic carbocycles. The van der Waals surface area contributed by atoms with E-state index in [1.165, 1.54) is 4.90 Å². The number of carbonyl (C=O) groups is 2. The largest absolute Gasteiger partial charge is 0.481 e. The lowest BCUT2D eigenvalue weighted by molar-refractivity contribution is -0.142. The van der Waals surface area contributed by atoms with Crippen molar-refractivity contribution in [3.05, 3.63) is 0 Å². The molecule has 0 aromatic carbocycles.